The fourth-order valence-electron chi connectivity index (χ4n) is 3.83. The first-order chi connectivity index (χ1) is 12.5. The van der Waals surface area contributed by atoms with Crippen LogP contribution in [0, 0.1) is 0 Å². The molecule has 2 atom stereocenters. The molecule has 2 unspecified atom stereocenters. The molecule has 0 amide bonds. The lowest BCUT2D eigenvalue weighted by atomic mass is 9.87. The Morgan fingerprint density at radius 2 is 2.15 bits per heavy atom. The predicted molar refractivity (Wildman–Crippen MR) is 105 cm³/mol. The van der Waals surface area contributed by atoms with Crippen LogP contribution in [0.5, 0.6) is 5.75 Å². The molecule has 0 spiro atoms. The molecule has 3 N–H and O–H groups in total. The number of nitrogens with two attached hydrogens (primary N) is 1. The van der Waals surface area contributed by atoms with Crippen LogP contribution in [0.1, 0.15) is 39.6 Å². The van der Waals surface area contributed by atoms with Crippen LogP contribution in [0.2, 0.25) is 0 Å². The van der Waals surface area contributed by atoms with Crippen molar-refractivity contribution in [2.45, 2.75) is 24.9 Å². The van der Waals surface area contributed by atoms with Crippen LogP contribution in [-0.2, 0) is 6.42 Å². The summed E-state index contributed by atoms with van der Waals surface area (Å²) >= 11 is 1.47. The maximum Gasteiger partial charge on any atom is 0.197 e. The standard InChI is InChI=1S/C20H23N3O2S/c1-23(2)12-7-14-13-6-11(20(24)15-9-26-10-18(15)25-3)4-5-17(13)22-19(14)16(21)8-12/h4-6,9-10,12,16,22H,7-8,21H2,1-3H3. The Hall–Kier alpha value is -2.15. The van der Waals surface area contributed by atoms with Crippen LogP contribution in [-0.4, -0.2) is 42.9 Å². The molecule has 0 saturated carbocycles. The minimum absolute atomic E-state index is 0.00494. The van der Waals surface area contributed by atoms with Gasteiger partial charge in [-0.05, 0) is 50.7 Å². The summed E-state index contributed by atoms with van der Waals surface area (Å²) in [6.45, 7) is 0. The summed E-state index contributed by atoms with van der Waals surface area (Å²) in [5.74, 6) is 0.620. The highest BCUT2D eigenvalue weighted by Crippen LogP contribution is 2.36. The number of rotatable bonds is 4. The molecule has 2 heterocycles. The van der Waals surface area contributed by atoms with E-state index in [9.17, 15) is 4.79 Å². The van der Waals surface area contributed by atoms with Crippen molar-refractivity contribution in [1.29, 1.82) is 0 Å². The second-order valence-corrected chi connectivity index (χ2v) is 7.87. The quantitative estimate of drug-likeness (QED) is 0.692. The number of carbonyl (C=O) groups excluding carboxylic acids is 1. The largest absolute Gasteiger partial charge is 0.495 e. The molecular weight excluding hydrogens is 346 g/mol. The maximum atomic E-state index is 12.9. The predicted octanol–water partition coefficient (Wildman–Crippen LogP) is 3.35. The van der Waals surface area contributed by atoms with Gasteiger partial charge in [0.1, 0.15) is 5.75 Å². The minimum atomic E-state index is -0.00998. The average Bonchev–Trinajstić information content (AvgIpc) is 3.25. The Labute approximate surface area is 156 Å². The van der Waals surface area contributed by atoms with E-state index < -0.39 is 0 Å². The van der Waals surface area contributed by atoms with Crippen molar-refractivity contribution in [3.8, 4) is 5.75 Å². The normalized spacial score (nSPS) is 19.7. The molecule has 26 heavy (non-hydrogen) atoms. The summed E-state index contributed by atoms with van der Waals surface area (Å²) in [6.07, 6.45) is 1.88. The number of ketones is 1. The summed E-state index contributed by atoms with van der Waals surface area (Å²) in [6, 6.07) is 6.26. The molecule has 2 aromatic heterocycles. The number of aromatic amines is 1. The smallest absolute Gasteiger partial charge is 0.197 e. The molecule has 6 heteroatoms. The highest BCUT2D eigenvalue weighted by atomic mass is 32.1. The third-order valence-corrected chi connectivity index (χ3v) is 6.08. The minimum Gasteiger partial charge on any atom is -0.495 e. The van der Waals surface area contributed by atoms with Crippen LogP contribution in [0.25, 0.3) is 10.9 Å². The Balaban J connectivity index is 1.78. The molecule has 0 fully saturated rings. The zero-order chi connectivity index (χ0) is 18.4. The molecule has 1 aromatic carbocycles. The van der Waals surface area contributed by atoms with Gasteiger partial charge in [0.05, 0.1) is 12.7 Å². The van der Waals surface area contributed by atoms with Crippen LogP contribution >= 0.6 is 11.3 Å². The number of methoxy groups -OCH3 is 1. The van der Waals surface area contributed by atoms with Crippen molar-refractivity contribution in [2.75, 3.05) is 21.2 Å². The zero-order valence-corrected chi connectivity index (χ0v) is 16.0. The SMILES string of the molecule is COc1cscc1C(=O)c1ccc2[nH]c3c(c2c1)CC(N(C)C)CC3N. The summed E-state index contributed by atoms with van der Waals surface area (Å²) in [5.41, 5.74) is 11.1. The van der Waals surface area contributed by atoms with Crippen LogP contribution < -0.4 is 10.5 Å². The Bertz CT molecular complexity index is 973. The van der Waals surface area contributed by atoms with Crippen LogP contribution in [0.3, 0.4) is 0 Å². The number of hydrogen-bond acceptors (Lipinski definition) is 5. The van der Waals surface area contributed by atoms with Crippen molar-refractivity contribution in [1.82, 2.24) is 9.88 Å². The van der Waals surface area contributed by atoms with E-state index in [1.165, 1.54) is 16.9 Å². The van der Waals surface area contributed by atoms with Gasteiger partial charge in [0.15, 0.2) is 5.78 Å². The number of aromatic nitrogens is 1. The Morgan fingerprint density at radius 3 is 2.88 bits per heavy atom. The number of fused-ring (bicyclic) bond motifs is 3. The van der Waals surface area contributed by atoms with Gasteiger partial charge in [0.25, 0.3) is 0 Å². The second kappa shape index (κ2) is 6.54. The van der Waals surface area contributed by atoms with Gasteiger partial charge in [0, 0.05) is 45.0 Å². The lowest BCUT2D eigenvalue weighted by Crippen LogP contribution is -2.37. The fraction of sp³-hybridized carbons (Fsp3) is 0.350. The van der Waals surface area contributed by atoms with E-state index in [0.29, 0.717) is 22.9 Å². The van der Waals surface area contributed by atoms with E-state index in [0.717, 1.165) is 29.4 Å². The zero-order valence-electron chi connectivity index (χ0n) is 15.2. The van der Waals surface area contributed by atoms with Crippen molar-refractivity contribution in [3.05, 3.63) is 51.3 Å². The molecule has 0 saturated heterocycles. The highest BCUT2D eigenvalue weighted by molar-refractivity contribution is 7.08. The lowest BCUT2D eigenvalue weighted by Gasteiger charge is -2.31. The molecular formula is C20H23N3O2S. The number of nitrogens with one attached hydrogen (secondary N) is 1. The summed E-state index contributed by atoms with van der Waals surface area (Å²) in [5, 5.41) is 4.79. The average molecular weight is 369 g/mol. The topological polar surface area (TPSA) is 71.4 Å². The number of benzene rings is 1. The number of H-pyrrole nitrogens is 1. The molecule has 3 aromatic rings. The van der Waals surface area contributed by atoms with Gasteiger partial charge in [-0.25, -0.2) is 0 Å². The number of hydrogen-bond donors (Lipinski definition) is 2. The van der Waals surface area contributed by atoms with Gasteiger partial charge < -0.3 is 20.4 Å². The van der Waals surface area contributed by atoms with E-state index in [1.54, 1.807) is 7.11 Å². The van der Waals surface area contributed by atoms with Crippen LogP contribution in [0.4, 0.5) is 0 Å². The van der Waals surface area contributed by atoms with Gasteiger partial charge in [-0.3, -0.25) is 4.79 Å². The first-order valence-corrected chi connectivity index (χ1v) is 9.65. The number of thiophene rings is 1. The molecule has 1 aliphatic rings. The first-order valence-electron chi connectivity index (χ1n) is 8.71. The summed E-state index contributed by atoms with van der Waals surface area (Å²) in [7, 11) is 5.78. The van der Waals surface area contributed by atoms with Gasteiger partial charge in [0.2, 0.25) is 0 Å². The highest BCUT2D eigenvalue weighted by Gasteiger charge is 2.29. The summed E-state index contributed by atoms with van der Waals surface area (Å²) in [4.78, 5) is 18.6. The van der Waals surface area contributed by atoms with Crippen molar-refractivity contribution >= 4 is 28.0 Å². The van der Waals surface area contributed by atoms with Crippen molar-refractivity contribution in [3.63, 3.8) is 0 Å². The fourth-order valence-corrected chi connectivity index (χ4v) is 4.61. The number of ether oxygens (including phenoxy) is 1. The van der Waals surface area contributed by atoms with E-state index in [4.69, 9.17) is 10.5 Å². The van der Waals surface area contributed by atoms with Crippen LogP contribution in [0.15, 0.2) is 29.0 Å². The van der Waals surface area contributed by atoms with E-state index in [-0.39, 0.29) is 11.8 Å². The second-order valence-electron chi connectivity index (χ2n) is 7.12. The molecule has 0 radical (unpaired) electrons. The van der Waals surface area contributed by atoms with E-state index in [2.05, 4.69) is 24.0 Å². The lowest BCUT2D eigenvalue weighted by molar-refractivity contribution is 0.103. The number of likely N-dealkylation sites (N-methyl/N-ethyl adjacent to an activating group) is 1. The number of nitrogens with zero attached hydrogens (tertiary/aromatic N) is 1. The monoisotopic (exact) mass is 369 g/mol. The molecule has 1 aliphatic carbocycles. The molecule has 136 valence electrons. The molecule has 5 nitrogen and oxygen atoms in total. The van der Waals surface area contributed by atoms with Crippen molar-refractivity contribution in [2.24, 2.45) is 5.73 Å². The van der Waals surface area contributed by atoms with E-state index >= 15 is 0 Å². The molecule has 4 rings (SSSR count). The summed E-state index contributed by atoms with van der Waals surface area (Å²) < 4.78 is 5.31. The Morgan fingerprint density at radius 1 is 1.35 bits per heavy atom. The number of carbonyl (C=O) groups is 1. The van der Waals surface area contributed by atoms with E-state index in [1.807, 2.05) is 29.0 Å². The van der Waals surface area contributed by atoms with Gasteiger partial charge >= 0.3 is 0 Å². The third kappa shape index (κ3) is 2.74. The Kier molecular flexibility index (Phi) is 4.34. The maximum absolute atomic E-state index is 12.9. The molecule has 0 bridgehead atoms. The van der Waals surface area contributed by atoms with Gasteiger partial charge in [-0.15, -0.1) is 11.3 Å². The first kappa shape index (κ1) is 17.3. The van der Waals surface area contributed by atoms with Crippen molar-refractivity contribution < 1.29 is 9.53 Å². The molecule has 0 aliphatic heterocycles. The van der Waals surface area contributed by atoms with Gasteiger partial charge in [-0.1, -0.05) is 0 Å². The third-order valence-electron chi connectivity index (χ3n) is 5.36. The van der Waals surface area contributed by atoms with Gasteiger partial charge in [-0.2, -0.15) is 0 Å².